The summed E-state index contributed by atoms with van der Waals surface area (Å²) in [5, 5.41) is 3.22. The van der Waals surface area contributed by atoms with E-state index in [4.69, 9.17) is 0 Å². The van der Waals surface area contributed by atoms with Gasteiger partial charge < -0.3 is 9.88 Å². The molecule has 0 spiro atoms. The van der Waals surface area contributed by atoms with Gasteiger partial charge in [-0.3, -0.25) is 4.79 Å². The predicted octanol–water partition coefficient (Wildman–Crippen LogP) is 1.11. The molecule has 1 aliphatic carbocycles. The zero-order valence-electron chi connectivity index (χ0n) is 9.54. The highest BCUT2D eigenvalue weighted by molar-refractivity contribution is 5.25. The van der Waals surface area contributed by atoms with Crippen LogP contribution in [0.3, 0.4) is 0 Å². The fraction of sp³-hybridized carbons (Fsp3) is 0.462. The maximum atomic E-state index is 11.8. The summed E-state index contributed by atoms with van der Waals surface area (Å²) in [6, 6.07) is 3.68. The molecule has 1 aliphatic rings. The largest absolute Gasteiger partial charge is 0.312 e. The standard InChI is InChI=1S/C13H18N2O/c1-2-8-14-9-10-15-12-5-3-4-11(12)6-7-13(15)16/h2,6-7,14H,1,3-5,8-10H2. The van der Waals surface area contributed by atoms with Crippen LogP contribution in [-0.2, 0) is 19.4 Å². The van der Waals surface area contributed by atoms with Gasteiger partial charge in [0.05, 0.1) is 0 Å². The minimum atomic E-state index is 0.126. The van der Waals surface area contributed by atoms with Crippen molar-refractivity contribution in [3.05, 3.63) is 46.4 Å². The quantitative estimate of drug-likeness (QED) is 0.593. The lowest BCUT2D eigenvalue weighted by atomic mass is 10.2. The number of nitrogens with zero attached hydrogens (tertiary/aromatic N) is 1. The Morgan fingerprint density at radius 3 is 3.12 bits per heavy atom. The number of pyridine rings is 1. The van der Waals surface area contributed by atoms with E-state index in [0.717, 1.165) is 32.5 Å². The third-order valence-corrected chi connectivity index (χ3v) is 3.05. The van der Waals surface area contributed by atoms with E-state index < -0.39 is 0 Å². The van der Waals surface area contributed by atoms with Crippen LogP contribution in [0.2, 0.25) is 0 Å². The van der Waals surface area contributed by atoms with E-state index >= 15 is 0 Å². The highest BCUT2D eigenvalue weighted by atomic mass is 16.1. The van der Waals surface area contributed by atoms with Crippen molar-refractivity contribution in [2.45, 2.75) is 25.8 Å². The highest BCUT2D eigenvalue weighted by Crippen LogP contribution is 2.19. The van der Waals surface area contributed by atoms with Crippen molar-refractivity contribution >= 4 is 0 Å². The molecule has 0 unspecified atom stereocenters. The first-order valence-electron chi connectivity index (χ1n) is 5.86. The summed E-state index contributed by atoms with van der Waals surface area (Å²) in [6.07, 6.45) is 5.18. The normalized spacial score (nSPS) is 13.8. The van der Waals surface area contributed by atoms with Crippen LogP contribution in [-0.4, -0.2) is 17.7 Å². The minimum absolute atomic E-state index is 0.126. The number of aromatic nitrogens is 1. The van der Waals surface area contributed by atoms with Gasteiger partial charge in [0.2, 0.25) is 0 Å². The second kappa shape index (κ2) is 5.12. The number of fused-ring (bicyclic) bond motifs is 1. The minimum Gasteiger partial charge on any atom is -0.312 e. The lowest BCUT2D eigenvalue weighted by Crippen LogP contribution is -2.28. The molecule has 0 saturated heterocycles. The van der Waals surface area contributed by atoms with Gasteiger partial charge in [-0.15, -0.1) is 6.58 Å². The van der Waals surface area contributed by atoms with Crippen LogP contribution in [0, 0.1) is 0 Å². The molecule has 0 bridgehead atoms. The van der Waals surface area contributed by atoms with Crippen molar-refractivity contribution in [1.29, 1.82) is 0 Å². The van der Waals surface area contributed by atoms with E-state index in [0.29, 0.717) is 0 Å². The summed E-state index contributed by atoms with van der Waals surface area (Å²) in [6.45, 7) is 6.03. The topological polar surface area (TPSA) is 34.0 Å². The average molecular weight is 218 g/mol. The maximum Gasteiger partial charge on any atom is 0.250 e. The SMILES string of the molecule is C=CCNCCn1c2c(ccc1=O)CCC2. The van der Waals surface area contributed by atoms with Gasteiger partial charge >= 0.3 is 0 Å². The second-order valence-corrected chi connectivity index (χ2v) is 4.14. The van der Waals surface area contributed by atoms with Crippen LogP contribution >= 0.6 is 0 Å². The molecule has 1 aromatic rings. The molecular formula is C13H18N2O. The van der Waals surface area contributed by atoms with Crippen LogP contribution in [0.4, 0.5) is 0 Å². The van der Waals surface area contributed by atoms with Crippen LogP contribution < -0.4 is 10.9 Å². The van der Waals surface area contributed by atoms with Crippen LogP contribution in [0.1, 0.15) is 17.7 Å². The number of nitrogens with one attached hydrogen (secondary N) is 1. The van der Waals surface area contributed by atoms with E-state index in [1.54, 1.807) is 6.07 Å². The first-order valence-corrected chi connectivity index (χ1v) is 5.86. The molecule has 16 heavy (non-hydrogen) atoms. The molecule has 3 heteroatoms. The molecule has 0 atom stereocenters. The van der Waals surface area contributed by atoms with Crippen LogP contribution in [0.25, 0.3) is 0 Å². The Hall–Kier alpha value is -1.35. The zero-order chi connectivity index (χ0) is 11.4. The molecule has 0 aromatic carbocycles. The Bertz CT molecular complexity index is 434. The summed E-state index contributed by atoms with van der Waals surface area (Å²) in [5.74, 6) is 0. The molecule has 1 N–H and O–H groups in total. The lowest BCUT2D eigenvalue weighted by Gasteiger charge is -2.11. The zero-order valence-corrected chi connectivity index (χ0v) is 9.54. The van der Waals surface area contributed by atoms with Crippen LogP contribution in [0.15, 0.2) is 29.6 Å². The third-order valence-electron chi connectivity index (χ3n) is 3.05. The number of rotatable bonds is 5. The monoisotopic (exact) mass is 218 g/mol. The van der Waals surface area contributed by atoms with Gasteiger partial charge in [-0.05, 0) is 24.8 Å². The van der Waals surface area contributed by atoms with Gasteiger partial charge in [0.1, 0.15) is 0 Å². The van der Waals surface area contributed by atoms with Crippen molar-refractivity contribution < 1.29 is 0 Å². The Morgan fingerprint density at radius 1 is 1.44 bits per heavy atom. The number of aryl methyl sites for hydroxylation is 1. The predicted molar refractivity (Wildman–Crippen MR) is 65.8 cm³/mol. The van der Waals surface area contributed by atoms with Gasteiger partial charge in [0.25, 0.3) is 5.56 Å². The van der Waals surface area contributed by atoms with Crippen molar-refractivity contribution in [2.24, 2.45) is 0 Å². The maximum absolute atomic E-state index is 11.8. The van der Waals surface area contributed by atoms with Crippen molar-refractivity contribution in [3.63, 3.8) is 0 Å². The van der Waals surface area contributed by atoms with E-state index in [1.165, 1.54) is 17.7 Å². The van der Waals surface area contributed by atoms with Gasteiger partial charge in [-0.2, -0.15) is 0 Å². The highest BCUT2D eigenvalue weighted by Gasteiger charge is 2.14. The fourth-order valence-corrected chi connectivity index (χ4v) is 2.27. The summed E-state index contributed by atoms with van der Waals surface area (Å²) >= 11 is 0. The molecule has 3 nitrogen and oxygen atoms in total. The van der Waals surface area contributed by atoms with Crippen LogP contribution in [0.5, 0.6) is 0 Å². The summed E-state index contributed by atoms with van der Waals surface area (Å²) in [5.41, 5.74) is 2.72. The summed E-state index contributed by atoms with van der Waals surface area (Å²) < 4.78 is 1.92. The molecule has 0 fully saturated rings. The lowest BCUT2D eigenvalue weighted by molar-refractivity contribution is 0.589. The molecule has 0 saturated carbocycles. The van der Waals surface area contributed by atoms with Gasteiger partial charge in [-0.1, -0.05) is 12.1 Å². The Balaban J connectivity index is 2.11. The van der Waals surface area contributed by atoms with Crippen molar-refractivity contribution in [1.82, 2.24) is 9.88 Å². The summed E-state index contributed by atoms with van der Waals surface area (Å²) in [4.78, 5) is 11.8. The molecule has 1 heterocycles. The summed E-state index contributed by atoms with van der Waals surface area (Å²) in [7, 11) is 0. The molecule has 1 aromatic heterocycles. The molecule has 0 radical (unpaired) electrons. The smallest absolute Gasteiger partial charge is 0.250 e. The first-order chi connectivity index (χ1) is 7.83. The van der Waals surface area contributed by atoms with Gasteiger partial charge in [0.15, 0.2) is 0 Å². The Labute approximate surface area is 95.8 Å². The Morgan fingerprint density at radius 2 is 2.31 bits per heavy atom. The van der Waals surface area contributed by atoms with Crippen molar-refractivity contribution in [2.75, 3.05) is 13.1 Å². The van der Waals surface area contributed by atoms with E-state index in [9.17, 15) is 4.79 Å². The fourth-order valence-electron chi connectivity index (χ4n) is 2.27. The number of hydrogen-bond donors (Lipinski definition) is 1. The number of hydrogen-bond acceptors (Lipinski definition) is 2. The van der Waals surface area contributed by atoms with Gasteiger partial charge in [0, 0.05) is 31.4 Å². The van der Waals surface area contributed by atoms with Crippen molar-refractivity contribution in [3.8, 4) is 0 Å². The third kappa shape index (κ3) is 2.25. The molecule has 0 amide bonds. The second-order valence-electron chi connectivity index (χ2n) is 4.14. The van der Waals surface area contributed by atoms with E-state index in [2.05, 4.69) is 11.9 Å². The molecular weight excluding hydrogens is 200 g/mol. The molecule has 0 aliphatic heterocycles. The van der Waals surface area contributed by atoms with E-state index in [1.807, 2.05) is 16.7 Å². The van der Waals surface area contributed by atoms with E-state index in [-0.39, 0.29) is 5.56 Å². The Kier molecular flexibility index (Phi) is 3.57. The first kappa shape index (κ1) is 11.1. The average Bonchev–Trinajstić information content (AvgIpc) is 2.75. The molecule has 86 valence electrons. The molecule has 2 rings (SSSR count). The van der Waals surface area contributed by atoms with Gasteiger partial charge in [-0.25, -0.2) is 0 Å².